The summed E-state index contributed by atoms with van der Waals surface area (Å²) in [5.41, 5.74) is 4.03. The Kier molecular flexibility index (Phi) is 6.19. The summed E-state index contributed by atoms with van der Waals surface area (Å²) < 4.78 is 0. The number of thiazole rings is 1. The number of urea groups is 1. The summed E-state index contributed by atoms with van der Waals surface area (Å²) in [6, 6.07) is 13.3. The van der Waals surface area contributed by atoms with Crippen LogP contribution in [0.5, 0.6) is 0 Å². The second kappa shape index (κ2) is 8.93. The molecule has 3 aromatic rings. The Morgan fingerprint density at radius 1 is 1.21 bits per heavy atom. The quantitative estimate of drug-likeness (QED) is 0.570. The zero-order chi connectivity index (χ0) is 23.8. The van der Waals surface area contributed by atoms with E-state index in [4.69, 9.17) is 4.98 Å². The van der Waals surface area contributed by atoms with Crippen LogP contribution in [0.2, 0.25) is 0 Å². The number of carbonyl (C=O) groups excluding carboxylic acids is 1. The molecular formula is C25H27N5O2S. The molecule has 1 atom stereocenters. The molecule has 0 radical (unpaired) electrons. The first-order valence-electron chi connectivity index (χ1n) is 10.9. The molecule has 4 rings (SSSR count). The van der Waals surface area contributed by atoms with Crippen LogP contribution in [-0.4, -0.2) is 44.7 Å². The third kappa shape index (κ3) is 5.05. The minimum absolute atomic E-state index is 0.0437. The third-order valence-electron chi connectivity index (χ3n) is 5.92. The number of carbonyl (C=O) groups is 1. The Morgan fingerprint density at radius 3 is 2.58 bits per heavy atom. The molecule has 1 aromatic carbocycles. The summed E-state index contributed by atoms with van der Waals surface area (Å²) in [5, 5.41) is 23.1. The highest BCUT2D eigenvalue weighted by Crippen LogP contribution is 2.40. The van der Waals surface area contributed by atoms with E-state index in [0.29, 0.717) is 29.5 Å². The minimum atomic E-state index is -0.820. The van der Waals surface area contributed by atoms with Gasteiger partial charge < -0.3 is 10.0 Å². The molecule has 1 saturated heterocycles. The lowest BCUT2D eigenvalue weighted by Crippen LogP contribution is -2.37. The van der Waals surface area contributed by atoms with Crippen LogP contribution in [0.15, 0.2) is 36.4 Å². The summed E-state index contributed by atoms with van der Waals surface area (Å²) in [4.78, 5) is 24.8. The highest BCUT2D eigenvalue weighted by Gasteiger charge is 2.35. The maximum absolute atomic E-state index is 12.9. The highest BCUT2D eigenvalue weighted by molar-refractivity contribution is 7.19. The van der Waals surface area contributed by atoms with Crippen molar-refractivity contribution in [3.63, 3.8) is 0 Å². The first-order valence-corrected chi connectivity index (χ1v) is 11.7. The van der Waals surface area contributed by atoms with Crippen LogP contribution in [0, 0.1) is 31.1 Å². The number of hydrogen-bond donors (Lipinski definition) is 2. The van der Waals surface area contributed by atoms with E-state index in [9.17, 15) is 15.2 Å². The molecule has 2 N–H and O–H groups in total. The second-order valence-corrected chi connectivity index (χ2v) is 10.0. The van der Waals surface area contributed by atoms with E-state index in [0.717, 1.165) is 33.8 Å². The fourth-order valence-corrected chi connectivity index (χ4v) is 5.12. The van der Waals surface area contributed by atoms with Crippen molar-refractivity contribution in [1.29, 1.82) is 5.26 Å². The second-order valence-electron chi connectivity index (χ2n) is 9.04. The van der Waals surface area contributed by atoms with Gasteiger partial charge in [-0.3, -0.25) is 10.3 Å². The minimum Gasteiger partial charge on any atom is -0.390 e. The van der Waals surface area contributed by atoms with Crippen LogP contribution in [-0.2, 0) is 0 Å². The first-order chi connectivity index (χ1) is 15.6. The number of aryl methyl sites for hydroxylation is 2. The molecule has 1 aliphatic rings. The number of hydrogen-bond acceptors (Lipinski definition) is 6. The fourth-order valence-electron chi connectivity index (χ4n) is 4.16. The van der Waals surface area contributed by atoms with E-state index >= 15 is 0 Å². The molecule has 0 bridgehead atoms. The molecule has 0 aliphatic carbocycles. The summed E-state index contributed by atoms with van der Waals surface area (Å²) >= 11 is 1.40. The number of nitrogens with zero attached hydrogens (tertiary/aromatic N) is 4. The lowest BCUT2D eigenvalue weighted by Gasteiger charge is -2.25. The number of rotatable bonds is 4. The topological polar surface area (TPSA) is 102 Å². The van der Waals surface area contributed by atoms with Crippen molar-refractivity contribution in [2.45, 2.75) is 39.7 Å². The van der Waals surface area contributed by atoms with Crippen molar-refractivity contribution in [3.8, 4) is 27.8 Å². The number of benzene rings is 1. The Morgan fingerprint density at radius 2 is 1.94 bits per heavy atom. The smallest absolute Gasteiger partial charge is 0.323 e. The lowest BCUT2D eigenvalue weighted by molar-refractivity contribution is 0.0227. The molecule has 0 saturated carbocycles. The molecule has 0 spiro atoms. The molecule has 0 unspecified atom stereocenters. The molecule has 33 heavy (non-hydrogen) atoms. The van der Waals surface area contributed by atoms with Gasteiger partial charge in [0.05, 0.1) is 27.8 Å². The van der Waals surface area contributed by atoms with E-state index in [1.807, 2.05) is 38.1 Å². The van der Waals surface area contributed by atoms with Crippen molar-refractivity contribution >= 4 is 22.5 Å². The van der Waals surface area contributed by atoms with E-state index in [-0.39, 0.29) is 11.9 Å². The molecule has 3 heterocycles. The maximum atomic E-state index is 12.9. The van der Waals surface area contributed by atoms with E-state index in [1.54, 1.807) is 30.9 Å². The molecule has 170 valence electrons. The average molecular weight is 462 g/mol. The van der Waals surface area contributed by atoms with Crippen LogP contribution >= 0.6 is 11.3 Å². The van der Waals surface area contributed by atoms with Gasteiger partial charge in [0.25, 0.3) is 0 Å². The van der Waals surface area contributed by atoms with Gasteiger partial charge in [-0.2, -0.15) is 5.26 Å². The van der Waals surface area contributed by atoms with Crippen molar-refractivity contribution in [2.75, 3.05) is 18.4 Å². The molecule has 1 aliphatic heterocycles. The van der Waals surface area contributed by atoms with Gasteiger partial charge in [0.15, 0.2) is 5.13 Å². The number of pyridine rings is 1. The predicted octanol–water partition coefficient (Wildman–Crippen LogP) is 4.99. The van der Waals surface area contributed by atoms with Gasteiger partial charge in [-0.1, -0.05) is 23.5 Å². The van der Waals surface area contributed by atoms with E-state index in [2.05, 4.69) is 16.4 Å². The van der Waals surface area contributed by atoms with Crippen LogP contribution < -0.4 is 5.32 Å². The molecule has 1 fully saturated rings. The number of nitrogens with one attached hydrogen (secondary N) is 1. The monoisotopic (exact) mass is 461 g/mol. The van der Waals surface area contributed by atoms with Crippen molar-refractivity contribution in [1.82, 2.24) is 14.9 Å². The maximum Gasteiger partial charge on any atom is 0.323 e. The van der Waals surface area contributed by atoms with Gasteiger partial charge in [0, 0.05) is 36.0 Å². The van der Waals surface area contributed by atoms with Gasteiger partial charge in [-0.15, -0.1) is 0 Å². The highest BCUT2D eigenvalue weighted by atomic mass is 32.1. The van der Waals surface area contributed by atoms with Crippen molar-refractivity contribution in [3.05, 3.63) is 53.3 Å². The number of amides is 2. The largest absolute Gasteiger partial charge is 0.390 e. The van der Waals surface area contributed by atoms with Crippen molar-refractivity contribution < 1.29 is 9.90 Å². The van der Waals surface area contributed by atoms with Gasteiger partial charge in [0.1, 0.15) is 0 Å². The number of aliphatic hydroxyl groups is 1. The Bertz CT molecular complexity index is 1220. The van der Waals surface area contributed by atoms with Crippen LogP contribution in [0.25, 0.3) is 21.7 Å². The summed E-state index contributed by atoms with van der Waals surface area (Å²) in [6.07, 6.45) is 0.766. The van der Waals surface area contributed by atoms with Crippen LogP contribution in [0.3, 0.4) is 0 Å². The van der Waals surface area contributed by atoms with Crippen molar-refractivity contribution in [2.24, 2.45) is 5.92 Å². The first kappa shape index (κ1) is 22.9. The van der Waals surface area contributed by atoms with Gasteiger partial charge in [0.2, 0.25) is 0 Å². The Hall–Kier alpha value is -3.28. The predicted molar refractivity (Wildman–Crippen MR) is 130 cm³/mol. The standard InChI is InChI=1S/C25H27N5O2S/c1-15-10-19(11-16(2)27-15)22-21(18-7-5-6-17(12-18)13-26)28-23(33-22)29-24(31)30-9-8-20(14-30)25(3,4)32/h5-7,10-12,20,32H,8-9,14H2,1-4H3,(H,28,29,31)/t20-/m1/s1. The molecule has 7 nitrogen and oxygen atoms in total. The van der Waals surface area contributed by atoms with Gasteiger partial charge >= 0.3 is 6.03 Å². The van der Waals surface area contributed by atoms with Gasteiger partial charge in [-0.05, 0) is 63.9 Å². The number of aromatic nitrogens is 2. The molecule has 2 aromatic heterocycles. The summed E-state index contributed by atoms with van der Waals surface area (Å²) in [5.74, 6) is 0.0437. The zero-order valence-electron chi connectivity index (χ0n) is 19.2. The summed E-state index contributed by atoms with van der Waals surface area (Å²) in [7, 11) is 0. The Labute approximate surface area is 197 Å². The third-order valence-corrected chi connectivity index (χ3v) is 6.94. The number of nitriles is 1. The van der Waals surface area contributed by atoms with E-state index < -0.39 is 5.60 Å². The fraction of sp³-hybridized carbons (Fsp3) is 0.360. The number of anilines is 1. The number of likely N-dealkylation sites (tertiary alicyclic amines) is 1. The van der Waals surface area contributed by atoms with E-state index in [1.165, 1.54) is 11.3 Å². The summed E-state index contributed by atoms with van der Waals surface area (Å²) in [6.45, 7) is 8.57. The molecule has 2 amide bonds. The Balaban J connectivity index is 1.68. The van der Waals surface area contributed by atoms with Gasteiger partial charge in [-0.25, -0.2) is 9.78 Å². The molecule has 8 heteroatoms. The molecular weight excluding hydrogens is 434 g/mol. The van der Waals surface area contributed by atoms with Crippen LogP contribution in [0.4, 0.5) is 9.93 Å². The zero-order valence-corrected chi connectivity index (χ0v) is 20.0. The SMILES string of the molecule is Cc1cc(-c2sc(NC(=O)N3CC[C@@H](C(C)(C)O)C3)nc2-c2cccc(C#N)c2)cc(C)n1. The normalized spacial score (nSPS) is 16.0. The lowest BCUT2D eigenvalue weighted by atomic mass is 9.91. The average Bonchev–Trinajstić information content (AvgIpc) is 3.41. The van der Waals surface area contributed by atoms with Crippen LogP contribution in [0.1, 0.15) is 37.2 Å².